The largest absolute Gasteiger partial charge is 0.493 e. The molecular formula is C20H20N2O6. The van der Waals surface area contributed by atoms with E-state index in [-0.39, 0.29) is 6.61 Å². The van der Waals surface area contributed by atoms with Gasteiger partial charge in [-0.05, 0) is 43.3 Å². The van der Waals surface area contributed by atoms with E-state index >= 15 is 0 Å². The van der Waals surface area contributed by atoms with Crippen LogP contribution in [0.1, 0.15) is 23.2 Å². The highest BCUT2D eigenvalue weighted by molar-refractivity contribution is 5.76. The van der Waals surface area contributed by atoms with E-state index in [4.69, 9.17) is 23.5 Å². The lowest BCUT2D eigenvalue weighted by Gasteiger charge is -2.10. The van der Waals surface area contributed by atoms with Crippen LogP contribution >= 0.6 is 0 Å². The van der Waals surface area contributed by atoms with Crippen molar-refractivity contribution < 1.29 is 28.3 Å². The van der Waals surface area contributed by atoms with E-state index in [9.17, 15) is 4.79 Å². The molecule has 8 heteroatoms. The molecule has 0 aliphatic rings. The summed E-state index contributed by atoms with van der Waals surface area (Å²) in [5.41, 5.74) is 1.22. The summed E-state index contributed by atoms with van der Waals surface area (Å²) in [5, 5.41) is 3.98. The van der Waals surface area contributed by atoms with Gasteiger partial charge in [0.15, 0.2) is 29.6 Å². The van der Waals surface area contributed by atoms with Crippen LogP contribution in [0.2, 0.25) is 0 Å². The number of benzene rings is 2. The van der Waals surface area contributed by atoms with Crippen LogP contribution in [0.15, 0.2) is 40.9 Å². The molecule has 0 spiro atoms. The van der Waals surface area contributed by atoms with Gasteiger partial charge in [-0.2, -0.15) is 4.98 Å². The normalized spacial score (nSPS) is 10.4. The van der Waals surface area contributed by atoms with Crippen molar-refractivity contribution in [2.75, 3.05) is 20.8 Å². The van der Waals surface area contributed by atoms with Crippen molar-refractivity contribution in [2.45, 2.75) is 13.5 Å². The monoisotopic (exact) mass is 384 g/mol. The summed E-state index contributed by atoms with van der Waals surface area (Å²) in [5.74, 6) is 2.84. The Balaban J connectivity index is 1.74. The minimum atomic E-state index is 0.0563. The zero-order chi connectivity index (χ0) is 19.9. The average Bonchev–Trinajstić information content (AvgIpc) is 3.21. The van der Waals surface area contributed by atoms with Gasteiger partial charge in [0, 0.05) is 11.1 Å². The van der Waals surface area contributed by atoms with Gasteiger partial charge in [0.25, 0.3) is 5.89 Å². The van der Waals surface area contributed by atoms with E-state index in [0.717, 1.165) is 11.8 Å². The van der Waals surface area contributed by atoms with Gasteiger partial charge in [0.05, 0.1) is 20.8 Å². The van der Waals surface area contributed by atoms with Gasteiger partial charge in [-0.15, -0.1) is 0 Å². The highest BCUT2D eigenvalue weighted by Gasteiger charge is 2.14. The molecule has 3 rings (SSSR count). The molecule has 2 aromatic carbocycles. The van der Waals surface area contributed by atoms with Crippen LogP contribution in [0.25, 0.3) is 11.4 Å². The van der Waals surface area contributed by atoms with Crippen molar-refractivity contribution in [1.82, 2.24) is 10.1 Å². The Labute approximate surface area is 162 Å². The van der Waals surface area contributed by atoms with E-state index in [1.54, 1.807) is 44.6 Å². The predicted molar refractivity (Wildman–Crippen MR) is 100 cm³/mol. The third-order valence-electron chi connectivity index (χ3n) is 3.86. The molecule has 0 fully saturated rings. The van der Waals surface area contributed by atoms with Gasteiger partial charge >= 0.3 is 0 Å². The predicted octanol–water partition coefficient (Wildman–Crippen LogP) is 3.54. The first-order valence-corrected chi connectivity index (χ1v) is 8.58. The van der Waals surface area contributed by atoms with Crippen molar-refractivity contribution in [2.24, 2.45) is 0 Å². The molecule has 0 saturated carbocycles. The first-order chi connectivity index (χ1) is 13.7. The number of aromatic nitrogens is 2. The van der Waals surface area contributed by atoms with Gasteiger partial charge in [0.1, 0.15) is 6.29 Å². The maximum absolute atomic E-state index is 10.9. The fourth-order valence-electron chi connectivity index (χ4n) is 2.53. The van der Waals surface area contributed by atoms with Crippen molar-refractivity contribution in [3.05, 3.63) is 47.9 Å². The maximum Gasteiger partial charge on any atom is 0.264 e. The molecule has 0 bridgehead atoms. The summed E-state index contributed by atoms with van der Waals surface area (Å²) in [7, 11) is 3.13. The summed E-state index contributed by atoms with van der Waals surface area (Å²) in [6.07, 6.45) is 0.750. The summed E-state index contributed by atoms with van der Waals surface area (Å²) >= 11 is 0. The quantitative estimate of drug-likeness (QED) is 0.517. The Morgan fingerprint density at radius 3 is 2.46 bits per heavy atom. The lowest BCUT2D eigenvalue weighted by Crippen LogP contribution is -2.00. The molecule has 0 unspecified atom stereocenters. The van der Waals surface area contributed by atoms with E-state index in [1.807, 2.05) is 13.0 Å². The van der Waals surface area contributed by atoms with Crippen LogP contribution in [0.4, 0.5) is 0 Å². The summed E-state index contributed by atoms with van der Waals surface area (Å²) in [6.45, 7) is 2.36. The average molecular weight is 384 g/mol. The number of methoxy groups -OCH3 is 2. The maximum atomic E-state index is 10.9. The summed E-state index contributed by atoms with van der Waals surface area (Å²) in [4.78, 5) is 15.3. The molecule has 146 valence electrons. The second-order valence-corrected chi connectivity index (χ2v) is 5.63. The summed E-state index contributed by atoms with van der Waals surface area (Å²) < 4.78 is 27.0. The van der Waals surface area contributed by atoms with Crippen molar-refractivity contribution in [1.29, 1.82) is 0 Å². The van der Waals surface area contributed by atoms with Gasteiger partial charge in [-0.1, -0.05) is 5.16 Å². The number of aldehydes is 1. The number of hydrogen-bond donors (Lipinski definition) is 0. The Hall–Kier alpha value is -3.55. The van der Waals surface area contributed by atoms with Crippen molar-refractivity contribution >= 4 is 6.29 Å². The van der Waals surface area contributed by atoms with Gasteiger partial charge in [0.2, 0.25) is 5.82 Å². The molecule has 0 aliphatic heterocycles. The van der Waals surface area contributed by atoms with E-state index < -0.39 is 0 Å². The highest BCUT2D eigenvalue weighted by atomic mass is 16.5. The number of carbonyl (C=O) groups is 1. The van der Waals surface area contributed by atoms with Gasteiger partial charge in [-0.25, -0.2) is 0 Å². The molecule has 0 amide bonds. The molecule has 1 aromatic heterocycles. The van der Waals surface area contributed by atoms with Crippen molar-refractivity contribution in [3.63, 3.8) is 0 Å². The van der Waals surface area contributed by atoms with Crippen LogP contribution in [0.3, 0.4) is 0 Å². The van der Waals surface area contributed by atoms with Crippen LogP contribution in [0.5, 0.6) is 23.0 Å². The zero-order valence-corrected chi connectivity index (χ0v) is 15.8. The molecule has 28 heavy (non-hydrogen) atoms. The minimum absolute atomic E-state index is 0.0563. The summed E-state index contributed by atoms with van der Waals surface area (Å²) in [6, 6.07) is 10.3. The van der Waals surface area contributed by atoms with Crippen LogP contribution < -0.4 is 18.9 Å². The molecule has 0 saturated heterocycles. The lowest BCUT2D eigenvalue weighted by atomic mass is 10.2. The Morgan fingerprint density at radius 2 is 1.75 bits per heavy atom. The lowest BCUT2D eigenvalue weighted by molar-refractivity contribution is 0.112. The Morgan fingerprint density at radius 1 is 0.964 bits per heavy atom. The van der Waals surface area contributed by atoms with E-state index in [1.165, 1.54) is 0 Å². The number of hydrogen-bond acceptors (Lipinski definition) is 8. The SMILES string of the molecule is CCOc1cc(C=O)ccc1OCc1nc(-c2ccc(OC)c(OC)c2)no1. The molecule has 3 aromatic rings. The second-order valence-electron chi connectivity index (χ2n) is 5.63. The molecule has 0 radical (unpaired) electrons. The Kier molecular flexibility index (Phi) is 6.11. The van der Waals surface area contributed by atoms with Crippen LogP contribution in [-0.2, 0) is 6.61 Å². The van der Waals surface area contributed by atoms with Crippen LogP contribution in [-0.4, -0.2) is 37.3 Å². The van der Waals surface area contributed by atoms with E-state index in [2.05, 4.69) is 10.1 Å². The fraction of sp³-hybridized carbons (Fsp3) is 0.250. The molecule has 0 atom stereocenters. The molecule has 0 aliphatic carbocycles. The number of carbonyl (C=O) groups excluding carboxylic acids is 1. The molecular weight excluding hydrogens is 364 g/mol. The highest BCUT2D eigenvalue weighted by Crippen LogP contribution is 2.32. The third kappa shape index (κ3) is 4.22. The number of rotatable bonds is 9. The van der Waals surface area contributed by atoms with Gasteiger partial charge in [-0.3, -0.25) is 4.79 Å². The Bertz CT molecular complexity index is 954. The first-order valence-electron chi connectivity index (χ1n) is 8.58. The molecule has 0 N–H and O–H groups in total. The van der Waals surface area contributed by atoms with E-state index in [0.29, 0.717) is 46.9 Å². The molecule has 8 nitrogen and oxygen atoms in total. The molecule has 1 heterocycles. The smallest absolute Gasteiger partial charge is 0.264 e. The third-order valence-corrected chi connectivity index (χ3v) is 3.86. The first kappa shape index (κ1) is 19.2. The van der Waals surface area contributed by atoms with Crippen molar-refractivity contribution in [3.8, 4) is 34.4 Å². The topological polar surface area (TPSA) is 92.9 Å². The second kappa shape index (κ2) is 8.90. The minimum Gasteiger partial charge on any atom is -0.493 e. The standard InChI is InChI=1S/C20H20N2O6/c1-4-26-18-9-13(11-23)5-7-16(18)27-12-19-21-20(22-28-19)14-6-8-15(24-2)17(10-14)25-3/h5-11H,4,12H2,1-3H3. The van der Waals surface area contributed by atoms with Crippen LogP contribution in [0, 0.1) is 0 Å². The number of ether oxygens (including phenoxy) is 4. The fourth-order valence-corrected chi connectivity index (χ4v) is 2.53. The van der Waals surface area contributed by atoms with Gasteiger partial charge < -0.3 is 23.5 Å². The number of nitrogens with zero attached hydrogens (tertiary/aromatic N) is 2. The zero-order valence-electron chi connectivity index (χ0n) is 15.8.